The highest BCUT2D eigenvalue weighted by Crippen LogP contribution is 2.38. The Morgan fingerprint density at radius 2 is 1.91 bits per heavy atom. The van der Waals surface area contributed by atoms with Crippen LogP contribution >= 0.6 is 27.5 Å². The molecule has 0 aromatic heterocycles. The van der Waals surface area contributed by atoms with Crippen LogP contribution < -0.4 is 9.47 Å². The number of aliphatic imine (C=N–C) groups is 1. The number of non-ortho nitro benzene ring substituents is 1. The van der Waals surface area contributed by atoms with Crippen molar-refractivity contribution >= 4 is 51.2 Å². The fourth-order valence-electron chi connectivity index (χ4n) is 3.28. The van der Waals surface area contributed by atoms with E-state index in [9.17, 15) is 14.9 Å². The minimum Gasteiger partial charge on any atom is -0.490 e. The van der Waals surface area contributed by atoms with E-state index in [1.807, 2.05) is 37.3 Å². The molecule has 1 aliphatic rings. The molecule has 0 bridgehead atoms. The average Bonchev–Trinajstić information content (AvgIpc) is 3.19. The van der Waals surface area contributed by atoms with Crippen molar-refractivity contribution in [1.82, 2.24) is 0 Å². The number of esters is 1. The first-order valence-electron chi connectivity index (χ1n) is 10.5. The van der Waals surface area contributed by atoms with E-state index in [0.717, 1.165) is 5.56 Å². The lowest BCUT2D eigenvalue weighted by atomic mass is 10.1. The maximum Gasteiger partial charge on any atom is 0.363 e. The summed E-state index contributed by atoms with van der Waals surface area (Å²) in [4.78, 5) is 27.1. The van der Waals surface area contributed by atoms with Crippen LogP contribution in [-0.2, 0) is 16.1 Å². The first-order valence-corrected chi connectivity index (χ1v) is 11.6. The molecule has 0 atom stereocenters. The molecule has 35 heavy (non-hydrogen) atoms. The number of carbonyl (C=O) groups excluding carboxylic acids is 1. The molecule has 1 aliphatic heterocycles. The largest absolute Gasteiger partial charge is 0.490 e. The Labute approximate surface area is 214 Å². The van der Waals surface area contributed by atoms with Crippen molar-refractivity contribution in [3.8, 4) is 11.5 Å². The van der Waals surface area contributed by atoms with Crippen molar-refractivity contribution in [2.45, 2.75) is 13.5 Å². The van der Waals surface area contributed by atoms with Crippen molar-refractivity contribution in [2.75, 3.05) is 6.61 Å². The SMILES string of the molecule is CCOc1cc(/C=C2\N=C(c3ccc([N+](=O)[O-])cc3Cl)OC2=O)cc(Br)c1OCc1ccccc1. The molecule has 0 fully saturated rings. The molecule has 3 aromatic rings. The maximum absolute atomic E-state index is 12.4. The van der Waals surface area contributed by atoms with Crippen molar-refractivity contribution in [3.05, 3.63) is 103 Å². The van der Waals surface area contributed by atoms with Crippen LogP contribution in [0.25, 0.3) is 6.08 Å². The maximum atomic E-state index is 12.4. The fraction of sp³-hybridized carbons (Fsp3) is 0.120. The highest BCUT2D eigenvalue weighted by molar-refractivity contribution is 9.10. The van der Waals surface area contributed by atoms with E-state index in [0.29, 0.717) is 34.7 Å². The van der Waals surface area contributed by atoms with Gasteiger partial charge >= 0.3 is 5.97 Å². The quantitative estimate of drug-likeness (QED) is 0.139. The summed E-state index contributed by atoms with van der Waals surface area (Å²) >= 11 is 9.67. The molecule has 0 saturated heterocycles. The van der Waals surface area contributed by atoms with Gasteiger partial charge in [-0.25, -0.2) is 9.79 Å². The Kier molecular flexibility index (Phi) is 7.48. The monoisotopic (exact) mass is 556 g/mol. The molecule has 0 N–H and O–H groups in total. The average molecular weight is 558 g/mol. The number of cyclic esters (lactones) is 1. The highest BCUT2D eigenvalue weighted by Gasteiger charge is 2.27. The van der Waals surface area contributed by atoms with Crippen LogP contribution in [-0.4, -0.2) is 23.4 Å². The fourth-order valence-corrected chi connectivity index (χ4v) is 4.11. The van der Waals surface area contributed by atoms with E-state index >= 15 is 0 Å². The van der Waals surface area contributed by atoms with Gasteiger partial charge < -0.3 is 14.2 Å². The van der Waals surface area contributed by atoms with Gasteiger partial charge in [0.2, 0.25) is 5.90 Å². The summed E-state index contributed by atoms with van der Waals surface area (Å²) in [6.45, 7) is 2.63. The molecule has 8 nitrogen and oxygen atoms in total. The number of hydrogen-bond donors (Lipinski definition) is 0. The molecule has 0 amide bonds. The molecule has 3 aromatic carbocycles. The number of nitrogens with zero attached hydrogens (tertiary/aromatic N) is 2. The molecule has 0 saturated carbocycles. The summed E-state index contributed by atoms with van der Waals surface area (Å²) in [5.41, 5.74) is 1.77. The smallest absolute Gasteiger partial charge is 0.363 e. The van der Waals surface area contributed by atoms with Gasteiger partial charge in [0.05, 0.1) is 26.6 Å². The number of carbonyl (C=O) groups is 1. The van der Waals surface area contributed by atoms with Crippen LogP contribution in [0.4, 0.5) is 5.69 Å². The van der Waals surface area contributed by atoms with Gasteiger partial charge in [0, 0.05) is 12.1 Å². The summed E-state index contributed by atoms with van der Waals surface area (Å²) in [5, 5.41) is 11.0. The molecular formula is C25H18BrClN2O6. The minimum absolute atomic E-state index is 0.0342. The zero-order chi connectivity index (χ0) is 24.9. The molecule has 0 radical (unpaired) electrons. The molecule has 4 rings (SSSR count). The van der Waals surface area contributed by atoms with Crippen molar-refractivity contribution in [2.24, 2.45) is 4.99 Å². The highest BCUT2D eigenvalue weighted by atomic mass is 79.9. The Hall–Kier alpha value is -3.69. The van der Waals surface area contributed by atoms with Crippen molar-refractivity contribution < 1.29 is 23.9 Å². The number of rotatable bonds is 8. The summed E-state index contributed by atoms with van der Waals surface area (Å²) in [6.07, 6.45) is 1.54. The second kappa shape index (κ2) is 10.7. The lowest BCUT2D eigenvalue weighted by Crippen LogP contribution is -2.06. The van der Waals surface area contributed by atoms with E-state index in [1.165, 1.54) is 18.2 Å². The van der Waals surface area contributed by atoms with Crippen LogP contribution in [0.2, 0.25) is 5.02 Å². The minimum atomic E-state index is -0.673. The number of hydrogen-bond acceptors (Lipinski definition) is 7. The molecular weight excluding hydrogens is 540 g/mol. The normalized spacial score (nSPS) is 14.0. The van der Waals surface area contributed by atoms with Crippen LogP contribution in [0.1, 0.15) is 23.6 Å². The molecule has 1 heterocycles. The van der Waals surface area contributed by atoms with Gasteiger partial charge in [0.15, 0.2) is 17.2 Å². The Balaban J connectivity index is 1.62. The third-order valence-corrected chi connectivity index (χ3v) is 5.78. The predicted molar refractivity (Wildman–Crippen MR) is 135 cm³/mol. The van der Waals surface area contributed by atoms with Gasteiger partial charge in [-0.1, -0.05) is 41.9 Å². The third kappa shape index (κ3) is 5.70. The zero-order valence-corrected chi connectivity index (χ0v) is 20.7. The lowest BCUT2D eigenvalue weighted by molar-refractivity contribution is -0.384. The third-order valence-electron chi connectivity index (χ3n) is 4.88. The first kappa shape index (κ1) is 24.4. The van der Waals surface area contributed by atoms with Crippen LogP contribution in [0, 0.1) is 10.1 Å². The number of benzene rings is 3. The van der Waals surface area contributed by atoms with Gasteiger partial charge in [-0.15, -0.1) is 0 Å². The second-order valence-electron chi connectivity index (χ2n) is 7.29. The van der Waals surface area contributed by atoms with Gasteiger partial charge in [-0.2, -0.15) is 0 Å². The van der Waals surface area contributed by atoms with Gasteiger partial charge in [0.1, 0.15) is 6.61 Å². The summed E-state index contributed by atoms with van der Waals surface area (Å²) in [6, 6.07) is 17.1. The lowest BCUT2D eigenvalue weighted by Gasteiger charge is -2.15. The van der Waals surface area contributed by atoms with E-state index in [2.05, 4.69) is 20.9 Å². The molecule has 0 unspecified atom stereocenters. The van der Waals surface area contributed by atoms with E-state index in [1.54, 1.807) is 18.2 Å². The Morgan fingerprint density at radius 3 is 2.60 bits per heavy atom. The van der Waals surface area contributed by atoms with Crippen molar-refractivity contribution in [3.63, 3.8) is 0 Å². The number of ether oxygens (including phenoxy) is 3. The Bertz CT molecular complexity index is 1360. The summed E-state index contributed by atoms with van der Waals surface area (Å²) < 4.78 is 17.7. The Morgan fingerprint density at radius 1 is 1.14 bits per heavy atom. The topological polar surface area (TPSA) is 100 Å². The zero-order valence-electron chi connectivity index (χ0n) is 18.4. The van der Waals surface area contributed by atoms with Crippen molar-refractivity contribution in [1.29, 1.82) is 0 Å². The van der Waals surface area contributed by atoms with Crippen LogP contribution in [0.5, 0.6) is 11.5 Å². The number of nitro benzene ring substituents is 1. The predicted octanol–water partition coefficient (Wildman–Crippen LogP) is 6.33. The second-order valence-corrected chi connectivity index (χ2v) is 8.56. The molecule has 0 aliphatic carbocycles. The number of nitro groups is 1. The van der Waals surface area contributed by atoms with Gasteiger partial charge in [-0.3, -0.25) is 10.1 Å². The summed E-state index contributed by atoms with van der Waals surface area (Å²) in [7, 11) is 0. The van der Waals surface area contributed by atoms with Gasteiger partial charge in [-0.05, 0) is 58.3 Å². The van der Waals surface area contributed by atoms with E-state index < -0.39 is 10.9 Å². The molecule has 178 valence electrons. The number of halogens is 2. The van der Waals surface area contributed by atoms with E-state index in [4.69, 9.17) is 25.8 Å². The standard InChI is InChI=1S/C25H18BrClN2O6/c1-2-33-22-12-16(10-19(26)23(22)34-14-15-6-4-3-5-7-15)11-21-25(30)35-24(28-21)18-9-8-17(29(31)32)13-20(18)27/h3-13H,2,14H2,1H3/b21-11-. The van der Waals surface area contributed by atoms with Gasteiger partial charge in [0.25, 0.3) is 5.69 Å². The summed E-state index contributed by atoms with van der Waals surface area (Å²) in [5.74, 6) is 0.327. The van der Waals surface area contributed by atoms with Crippen LogP contribution in [0.3, 0.4) is 0 Å². The molecule has 0 spiro atoms. The first-order chi connectivity index (χ1) is 16.9. The van der Waals surface area contributed by atoms with Crippen LogP contribution in [0.15, 0.2) is 75.8 Å². The molecule has 10 heteroatoms. The van der Waals surface area contributed by atoms with E-state index in [-0.39, 0.29) is 27.9 Å².